The zero-order chi connectivity index (χ0) is 17.6. The Morgan fingerprint density at radius 1 is 1.40 bits per heavy atom. The van der Waals surface area contributed by atoms with Crippen molar-refractivity contribution in [2.45, 2.75) is 0 Å². The first-order chi connectivity index (χ1) is 12.1. The molecule has 1 fully saturated rings. The molecule has 2 heterocycles. The lowest BCUT2D eigenvalue weighted by Crippen LogP contribution is -2.40. The van der Waals surface area contributed by atoms with E-state index in [1.165, 1.54) is 11.5 Å². The maximum Gasteiger partial charge on any atom is 0.322 e. The molecule has 2 aromatic rings. The largest absolute Gasteiger partial charge is 0.379 e. The highest BCUT2D eigenvalue weighted by atomic mass is 32.1. The van der Waals surface area contributed by atoms with Crippen molar-refractivity contribution in [2.24, 2.45) is 5.92 Å². The van der Waals surface area contributed by atoms with Crippen LogP contribution in [0.15, 0.2) is 30.3 Å². The van der Waals surface area contributed by atoms with Crippen LogP contribution in [0.5, 0.6) is 0 Å². The average Bonchev–Trinajstić information content (AvgIpc) is 2.93. The van der Waals surface area contributed by atoms with Crippen LogP contribution < -0.4 is 5.32 Å². The minimum absolute atomic E-state index is 0.127. The van der Waals surface area contributed by atoms with E-state index in [1.54, 1.807) is 0 Å². The third kappa shape index (κ3) is 4.75. The van der Waals surface area contributed by atoms with Crippen molar-refractivity contribution in [1.29, 1.82) is 0 Å². The van der Waals surface area contributed by atoms with E-state index in [9.17, 15) is 4.79 Å². The molecule has 1 saturated heterocycles. The lowest BCUT2D eigenvalue weighted by molar-refractivity contribution is 0.112. The first-order valence-corrected chi connectivity index (χ1v) is 9.07. The van der Waals surface area contributed by atoms with Gasteiger partial charge in [-0.3, -0.25) is 5.32 Å². The predicted molar refractivity (Wildman–Crippen MR) is 98.8 cm³/mol. The number of nitrogens with zero attached hydrogens (tertiary/aromatic N) is 4. The van der Waals surface area contributed by atoms with E-state index in [2.05, 4.69) is 19.8 Å². The number of nitrogens with one attached hydrogen (secondary N) is 1. The summed E-state index contributed by atoms with van der Waals surface area (Å²) in [5.41, 5.74) is 1.64. The molecule has 8 heteroatoms. The summed E-state index contributed by atoms with van der Waals surface area (Å²) in [6, 6.07) is 9.62. The summed E-state index contributed by atoms with van der Waals surface area (Å²) in [5, 5.41) is 7.80. The average molecular weight is 361 g/mol. The number of carbonyl (C=O) groups excluding carboxylic acids is 1. The smallest absolute Gasteiger partial charge is 0.322 e. The molecule has 7 nitrogen and oxygen atoms in total. The van der Waals surface area contributed by atoms with Crippen molar-refractivity contribution in [1.82, 2.24) is 19.4 Å². The zero-order valence-electron chi connectivity index (χ0n) is 14.5. The van der Waals surface area contributed by atoms with Crippen LogP contribution in [-0.2, 0) is 4.74 Å². The summed E-state index contributed by atoms with van der Waals surface area (Å²) in [4.78, 5) is 16.7. The number of amides is 2. The van der Waals surface area contributed by atoms with E-state index < -0.39 is 0 Å². The number of carbonyl (C=O) groups is 1. The minimum atomic E-state index is -0.127. The Morgan fingerprint density at radius 2 is 2.20 bits per heavy atom. The van der Waals surface area contributed by atoms with Crippen LogP contribution in [-0.4, -0.2) is 72.4 Å². The molecular weight excluding hydrogens is 338 g/mol. The molecule has 0 saturated carbocycles. The second kappa shape index (κ2) is 8.37. The summed E-state index contributed by atoms with van der Waals surface area (Å²) >= 11 is 1.19. The Bertz CT molecular complexity index is 691. The maximum absolute atomic E-state index is 12.7. The maximum atomic E-state index is 12.7. The van der Waals surface area contributed by atoms with E-state index in [0.717, 1.165) is 12.1 Å². The topological polar surface area (TPSA) is 70.6 Å². The van der Waals surface area contributed by atoms with Gasteiger partial charge in [-0.25, -0.2) is 4.79 Å². The Morgan fingerprint density at radius 3 is 2.96 bits per heavy atom. The van der Waals surface area contributed by atoms with E-state index >= 15 is 0 Å². The molecule has 0 radical (unpaired) electrons. The van der Waals surface area contributed by atoms with Gasteiger partial charge in [0.05, 0.1) is 13.2 Å². The van der Waals surface area contributed by atoms with Crippen molar-refractivity contribution in [3.63, 3.8) is 0 Å². The van der Waals surface area contributed by atoms with Crippen LogP contribution in [0.3, 0.4) is 0 Å². The van der Waals surface area contributed by atoms with Gasteiger partial charge in [0.15, 0.2) is 0 Å². The Labute approximate surface area is 151 Å². The summed E-state index contributed by atoms with van der Waals surface area (Å²) in [6.45, 7) is 3.39. The fourth-order valence-corrected chi connectivity index (χ4v) is 3.51. The van der Waals surface area contributed by atoms with Crippen LogP contribution in [0.2, 0.25) is 0 Å². The monoisotopic (exact) mass is 361 g/mol. The van der Waals surface area contributed by atoms with Crippen LogP contribution in [0, 0.1) is 5.92 Å². The third-order valence-electron chi connectivity index (χ3n) is 4.00. The quantitative estimate of drug-likeness (QED) is 0.904. The van der Waals surface area contributed by atoms with E-state index in [1.807, 2.05) is 49.3 Å². The van der Waals surface area contributed by atoms with Crippen LogP contribution in [0.25, 0.3) is 11.3 Å². The van der Waals surface area contributed by atoms with Gasteiger partial charge in [0, 0.05) is 42.6 Å². The number of anilines is 1. The molecule has 1 aromatic carbocycles. The zero-order valence-corrected chi connectivity index (χ0v) is 15.3. The van der Waals surface area contributed by atoms with Gasteiger partial charge in [-0.2, -0.15) is 0 Å². The normalized spacial score (nSPS) is 18.2. The molecule has 1 unspecified atom stereocenters. The van der Waals surface area contributed by atoms with Gasteiger partial charge in [-0.1, -0.05) is 34.8 Å². The molecule has 134 valence electrons. The highest BCUT2D eigenvalue weighted by molar-refractivity contribution is 7.10. The van der Waals surface area contributed by atoms with Crippen molar-refractivity contribution in [2.75, 3.05) is 52.3 Å². The fraction of sp³-hybridized carbons (Fsp3) is 0.471. The molecule has 25 heavy (non-hydrogen) atoms. The predicted octanol–water partition coefficient (Wildman–Crippen LogP) is 2.25. The summed E-state index contributed by atoms with van der Waals surface area (Å²) < 4.78 is 9.64. The molecule has 1 aromatic heterocycles. The molecule has 1 N–H and O–H groups in total. The van der Waals surface area contributed by atoms with Gasteiger partial charge in [0.1, 0.15) is 10.7 Å². The standard InChI is InChI=1S/C17H23N5O2S/c1-21(2)10-13-11-22(8-9-24-12-13)17(23)18-16-15(19-20-25-16)14-6-4-3-5-7-14/h3-7,13H,8-12H2,1-2H3,(H,18,23). The van der Waals surface area contributed by atoms with Gasteiger partial charge >= 0.3 is 6.03 Å². The lowest BCUT2D eigenvalue weighted by atomic mass is 10.1. The third-order valence-corrected chi connectivity index (χ3v) is 4.65. The second-order valence-electron chi connectivity index (χ2n) is 6.40. The molecule has 3 rings (SSSR count). The number of rotatable bonds is 4. The highest BCUT2D eigenvalue weighted by Crippen LogP contribution is 2.28. The van der Waals surface area contributed by atoms with Crippen molar-refractivity contribution >= 4 is 22.6 Å². The summed E-state index contributed by atoms with van der Waals surface area (Å²) in [7, 11) is 4.06. The minimum Gasteiger partial charge on any atom is -0.379 e. The second-order valence-corrected chi connectivity index (χ2v) is 7.15. The highest BCUT2D eigenvalue weighted by Gasteiger charge is 2.24. The van der Waals surface area contributed by atoms with Crippen molar-refractivity contribution in [3.8, 4) is 11.3 Å². The SMILES string of the molecule is CN(C)CC1COCCN(C(=O)Nc2snnc2-c2ccccc2)C1. The number of aromatic nitrogens is 2. The molecule has 0 bridgehead atoms. The van der Waals surface area contributed by atoms with Gasteiger partial charge in [0.25, 0.3) is 0 Å². The number of ether oxygens (including phenoxy) is 1. The van der Waals surface area contributed by atoms with Crippen LogP contribution >= 0.6 is 11.5 Å². The molecule has 2 amide bonds. The van der Waals surface area contributed by atoms with Gasteiger partial charge in [-0.05, 0) is 14.1 Å². The van der Waals surface area contributed by atoms with Gasteiger partial charge in [0.2, 0.25) is 0 Å². The van der Waals surface area contributed by atoms with E-state index in [4.69, 9.17) is 4.74 Å². The van der Waals surface area contributed by atoms with E-state index in [0.29, 0.717) is 42.9 Å². The number of hydrogen-bond acceptors (Lipinski definition) is 6. The Hall–Kier alpha value is -2.03. The molecule has 1 aliphatic heterocycles. The first-order valence-electron chi connectivity index (χ1n) is 8.29. The summed E-state index contributed by atoms with van der Waals surface area (Å²) in [6.07, 6.45) is 0. The molecule has 1 atom stereocenters. The van der Waals surface area contributed by atoms with Crippen molar-refractivity contribution in [3.05, 3.63) is 30.3 Å². The first kappa shape index (κ1) is 17.8. The van der Waals surface area contributed by atoms with Gasteiger partial charge < -0.3 is 14.5 Å². The molecule has 0 spiro atoms. The number of hydrogen-bond donors (Lipinski definition) is 1. The number of urea groups is 1. The molecular formula is C17H23N5O2S. The van der Waals surface area contributed by atoms with Crippen LogP contribution in [0.1, 0.15) is 0 Å². The lowest BCUT2D eigenvalue weighted by Gasteiger charge is -2.25. The summed E-state index contributed by atoms with van der Waals surface area (Å²) in [5.74, 6) is 0.302. The van der Waals surface area contributed by atoms with Gasteiger partial charge in [-0.15, -0.1) is 5.10 Å². The van der Waals surface area contributed by atoms with Crippen LogP contribution in [0.4, 0.5) is 9.80 Å². The van der Waals surface area contributed by atoms with E-state index in [-0.39, 0.29) is 6.03 Å². The Balaban J connectivity index is 1.69. The van der Waals surface area contributed by atoms with Crippen molar-refractivity contribution < 1.29 is 9.53 Å². The number of benzene rings is 1. The fourth-order valence-electron chi connectivity index (χ4n) is 2.93. The Kier molecular flexibility index (Phi) is 5.95. The molecule has 1 aliphatic rings. The molecule has 0 aliphatic carbocycles.